The second-order valence-electron chi connectivity index (χ2n) is 4.71. The van der Waals surface area contributed by atoms with E-state index in [9.17, 15) is 4.79 Å². The van der Waals surface area contributed by atoms with E-state index < -0.39 is 12.1 Å². The van der Waals surface area contributed by atoms with Crippen molar-refractivity contribution in [3.05, 3.63) is 17.5 Å². The first-order chi connectivity index (χ1) is 8.49. The summed E-state index contributed by atoms with van der Waals surface area (Å²) < 4.78 is 7.02. The molecule has 1 aliphatic heterocycles. The lowest BCUT2D eigenvalue weighted by Crippen LogP contribution is -2.46. The van der Waals surface area contributed by atoms with Crippen molar-refractivity contribution in [2.45, 2.75) is 26.0 Å². The molecule has 2 unspecified atom stereocenters. The fraction of sp³-hybridized carbons (Fsp3) is 0.667. The van der Waals surface area contributed by atoms with E-state index >= 15 is 0 Å². The molecule has 1 saturated heterocycles. The highest BCUT2D eigenvalue weighted by atomic mass is 16.5. The molecule has 0 aromatic carbocycles. The zero-order valence-corrected chi connectivity index (χ0v) is 11.0. The number of carboxylic acids is 1. The van der Waals surface area contributed by atoms with Gasteiger partial charge in [-0.1, -0.05) is 0 Å². The van der Waals surface area contributed by atoms with Gasteiger partial charge in [-0.3, -0.25) is 9.58 Å². The topological polar surface area (TPSA) is 67.6 Å². The highest BCUT2D eigenvalue weighted by Crippen LogP contribution is 2.24. The SMILES string of the molecule is Cc1nn(C)cc1C(C)N1CCOC(C(=O)O)C1. The van der Waals surface area contributed by atoms with E-state index in [2.05, 4.69) is 16.9 Å². The van der Waals surface area contributed by atoms with Crippen molar-refractivity contribution in [3.63, 3.8) is 0 Å². The van der Waals surface area contributed by atoms with Gasteiger partial charge in [0.15, 0.2) is 6.10 Å². The van der Waals surface area contributed by atoms with E-state index in [0.29, 0.717) is 13.2 Å². The summed E-state index contributed by atoms with van der Waals surface area (Å²) in [6, 6.07) is 0.157. The molecule has 18 heavy (non-hydrogen) atoms. The molecule has 6 nitrogen and oxygen atoms in total. The Morgan fingerprint density at radius 2 is 2.39 bits per heavy atom. The molecule has 1 fully saturated rings. The molecule has 2 rings (SSSR count). The molecule has 1 aromatic heterocycles. The van der Waals surface area contributed by atoms with Gasteiger partial charge in [0, 0.05) is 37.9 Å². The van der Waals surface area contributed by atoms with Crippen molar-refractivity contribution in [3.8, 4) is 0 Å². The molecule has 0 radical (unpaired) electrons. The number of carbonyl (C=O) groups is 1. The van der Waals surface area contributed by atoms with Gasteiger partial charge >= 0.3 is 5.97 Å². The van der Waals surface area contributed by atoms with Gasteiger partial charge in [0.1, 0.15) is 0 Å². The Bertz CT molecular complexity index is 444. The van der Waals surface area contributed by atoms with Crippen molar-refractivity contribution in [2.24, 2.45) is 7.05 Å². The van der Waals surface area contributed by atoms with E-state index in [0.717, 1.165) is 17.8 Å². The van der Waals surface area contributed by atoms with E-state index in [4.69, 9.17) is 9.84 Å². The molecular weight excluding hydrogens is 234 g/mol. The molecule has 2 atom stereocenters. The van der Waals surface area contributed by atoms with E-state index in [1.54, 1.807) is 4.68 Å². The Kier molecular flexibility index (Phi) is 3.68. The first kappa shape index (κ1) is 13.0. The van der Waals surface area contributed by atoms with Crippen LogP contribution in [0.25, 0.3) is 0 Å². The largest absolute Gasteiger partial charge is 0.479 e. The van der Waals surface area contributed by atoms with Crippen LogP contribution in [0.5, 0.6) is 0 Å². The van der Waals surface area contributed by atoms with Gasteiger partial charge in [0.05, 0.1) is 12.3 Å². The molecule has 0 spiro atoms. The summed E-state index contributed by atoms with van der Waals surface area (Å²) in [5.41, 5.74) is 2.13. The van der Waals surface area contributed by atoms with Crippen LogP contribution in [-0.4, -0.2) is 51.6 Å². The van der Waals surface area contributed by atoms with Crippen LogP contribution in [0.1, 0.15) is 24.2 Å². The monoisotopic (exact) mass is 253 g/mol. The number of aryl methyl sites for hydroxylation is 2. The number of nitrogens with zero attached hydrogens (tertiary/aromatic N) is 3. The quantitative estimate of drug-likeness (QED) is 0.853. The number of hydrogen-bond acceptors (Lipinski definition) is 4. The van der Waals surface area contributed by atoms with Crippen LogP contribution in [0, 0.1) is 6.92 Å². The van der Waals surface area contributed by atoms with E-state index in [1.165, 1.54) is 0 Å². The summed E-state index contributed by atoms with van der Waals surface area (Å²) in [6.45, 7) is 5.68. The van der Waals surface area contributed by atoms with E-state index in [-0.39, 0.29) is 6.04 Å². The summed E-state index contributed by atoms with van der Waals surface area (Å²) >= 11 is 0. The number of aromatic nitrogens is 2. The minimum atomic E-state index is -0.894. The van der Waals surface area contributed by atoms with Crippen LogP contribution >= 0.6 is 0 Å². The molecule has 1 aromatic rings. The fourth-order valence-electron chi connectivity index (χ4n) is 2.40. The Morgan fingerprint density at radius 1 is 1.67 bits per heavy atom. The maximum absolute atomic E-state index is 11.0. The van der Waals surface area contributed by atoms with Gasteiger partial charge in [-0.15, -0.1) is 0 Å². The molecule has 0 amide bonds. The molecule has 2 heterocycles. The smallest absolute Gasteiger partial charge is 0.334 e. The highest BCUT2D eigenvalue weighted by molar-refractivity contribution is 5.72. The maximum Gasteiger partial charge on any atom is 0.334 e. The van der Waals surface area contributed by atoms with Gasteiger partial charge in [-0.25, -0.2) is 4.79 Å². The average Bonchev–Trinajstić information content (AvgIpc) is 2.67. The number of ether oxygens (including phenoxy) is 1. The maximum atomic E-state index is 11.0. The third kappa shape index (κ3) is 2.54. The van der Waals surface area contributed by atoms with Gasteiger partial charge in [-0.2, -0.15) is 5.10 Å². The minimum absolute atomic E-state index is 0.157. The van der Waals surface area contributed by atoms with Crippen LogP contribution in [0.4, 0.5) is 0 Å². The first-order valence-electron chi connectivity index (χ1n) is 6.07. The summed E-state index contributed by atoms with van der Waals surface area (Å²) in [7, 11) is 1.89. The molecular formula is C12H19N3O3. The van der Waals surface area contributed by atoms with Crippen molar-refractivity contribution in [1.29, 1.82) is 0 Å². The summed E-state index contributed by atoms with van der Waals surface area (Å²) in [5, 5.41) is 13.3. The van der Waals surface area contributed by atoms with Crippen LogP contribution < -0.4 is 0 Å². The molecule has 0 aliphatic carbocycles. The minimum Gasteiger partial charge on any atom is -0.479 e. The molecule has 0 bridgehead atoms. The Hall–Kier alpha value is -1.40. The fourth-order valence-corrected chi connectivity index (χ4v) is 2.40. The second kappa shape index (κ2) is 5.07. The average molecular weight is 253 g/mol. The molecule has 1 aliphatic rings. The molecule has 100 valence electrons. The number of carboxylic acid groups (broad SMARTS) is 1. The lowest BCUT2D eigenvalue weighted by atomic mass is 10.1. The number of morpholine rings is 1. The third-order valence-electron chi connectivity index (χ3n) is 3.42. The Morgan fingerprint density at radius 3 is 2.94 bits per heavy atom. The van der Waals surface area contributed by atoms with Crippen LogP contribution in [0.3, 0.4) is 0 Å². The van der Waals surface area contributed by atoms with Crippen molar-refractivity contribution < 1.29 is 14.6 Å². The summed E-state index contributed by atoms with van der Waals surface area (Å²) in [4.78, 5) is 13.1. The zero-order chi connectivity index (χ0) is 13.3. The predicted octanol–water partition coefficient (Wildman–Crippen LogP) is 0.575. The normalized spacial score (nSPS) is 22.9. The third-order valence-corrected chi connectivity index (χ3v) is 3.42. The van der Waals surface area contributed by atoms with Gasteiger partial charge < -0.3 is 9.84 Å². The number of aliphatic carboxylic acids is 1. The number of hydrogen-bond donors (Lipinski definition) is 1. The van der Waals surface area contributed by atoms with Crippen molar-refractivity contribution >= 4 is 5.97 Å². The van der Waals surface area contributed by atoms with Gasteiger partial charge in [0.25, 0.3) is 0 Å². The zero-order valence-electron chi connectivity index (χ0n) is 11.0. The molecule has 0 saturated carbocycles. The van der Waals surface area contributed by atoms with Crippen molar-refractivity contribution in [2.75, 3.05) is 19.7 Å². The van der Waals surface area contributed by atoms with Gasteiger partial charge in [-0.05, 0) is 13.8 Å². The Balaban J connectivity index is 2.11. The highest BCUT2D eigenvalue weighted by Gasteiger charge is 2.30. The lowest BCUT2D eigenvalue weighted by molar-refractivity contribution is -0.157. The molecule has 6 heteroatoms. The van der Waals surface area contributed by atoms with Crippen LogP contribution in [0.15, 0.2) is 6.20 Å². The second-order valence-corrected chi connectivity index (χ2v) is 4.71. The van der Waals surface area contributed by atoms with Gasteiger partial charge in [0.2, 0.25) is 0 Å². The predicted molar refractivity (Wildman–Crippen MR) is 65.3 cm³/mol. The van der Waals surface area contributed by atoms with Crippen LogP contribution in [-0.2, 0) is 16.6 Å². The summed E-state index contributed by atoms with van der Waals surface area (Å²) in [5.74, 6) is -0.894. The Labute approximate surface area is 106 Å². The van der Waals surface area contributed by atoms with Crippen LogP contribution in [0.2, 0.25) is 0 Å². The number of rotatable bonds is 3. The standard InChI is InChI=1S/C12H19N3O3/c1-8-10(6-14(3)13-8)9(2)15-4-5-18-11(7-15)12(16)17/h6,9,11H,4-5,7H2,1-3H3,(H,16,17). The summed E-state index contributed by atoms with van der Waals surface area (Å²) in [6.07, 6.45) is 1.27. The first-order valence-corrected chi connectivity index (χ1v) is 6.07. The van der Waals surface area contributed by atoms with Crippen molar-refractivity contribution in [1.82, 2.24) is 14.7 Å². The molecule has 1 N–H and O–H groups in total. The lowest BCUT2D eigenvalue weighted by Gasteiger charge is -2.35. The van der Waals surface area contributed by atoms with E-state index in [1.807, 2.05) is 20.2 Å².